The fraction of sp³-hybridized carbons (Fsp3) is 0. The van der Waals surface area contributed by atoms with Gasteiger partial charge in [-0.15, -0.1) is 15.3 Å². The summed E-state index contributed by atoms with van der Waals surface area (Å²) in [6.45, 7) is 0. The number of rotatable bonds is 8. The van der Waals surface area contributed by atoms with Gasteiger partial charge in [-0.1, -0.05) is 6.07 Å². The van der Waals surface area contributed by atoms with Crippen LogP contribution in [0.2, 0.25) is 0 Å². The summed E-state index contributed by atoms with van der Waals surface area (Å²) in [6.07, 6.45) is 0. The van der Waals surface area contributed by atoms with E-state index < -0.39 is 73.2 Å². The largest absolute Gasteiger partial charge is 0.505 e. The van der Waals surface area contributed by atoms with Crippen LogP contribution in [0.25, 0.3) is 21.5 Å². The van der Waals surface area contributed by atoms with Crippen LogP contribution >= 0.6 is 0 Å². The Bertz CT molecular complexity index is 2540. The molecule has 0 saturated heterocycles. The van der Waals surface area contributed by atoms with Crippen LogP contribution in [0.3, 0.4) is 0 Å². The summed E-state index contributed by atoms with van der Waals surface area (Å²) in [5.74, 6) is -0.731. The third-order valence-corrected chi connectivity index (χ3v) is 9.87. The van der Waals surface area contributed by atoms with E-state index >= 15 is 0 Å². The molecule has 17 nitrogen and oxygen atoms in total. The zero-order chi connectivity index (χ0) is 34.5. The third-order valence-electron chi connectivity index (χ3n) is 6.55. The van der Waals surface area contributed by atoms with Crippen molar-refractivity contribution in [3.05, 3.63) is 72.8 Å². The highest BCUT2D eigenvalue weighted by molar-refractivity contribution is 7.86. The number of benzene rings is 5. The fourth-order valence-corrected chi connectivity index (χ4v) is 6.53. The molecule has 0 amide bonds. The van der Waals surface area contributed by atoms with Gasteiger partial charge in [-0.25, -0.2) is 4.21 Å². The summed E-state index contributed by atoms with van der Waals surface area (Å²) >= 11 is -2.82. The normalized spacial score (nSPS) is 13.6. The number of phenolic OH excluding ortho intramolecular Hbond substituents is 1. The van der Waals surface area contributed by atoms with Gasteiger partial charge in [0.05, 0.1) is 37.4 Å². The summed E-state index contributed by atoms with van der Waals surface area (Å²) in [4.78, 5) is -2.13. The molecular formula is C26H19N5O12S4. The molecule has 5 rings (SSSR count). The van der Waals surface area contributed by atoms with Gasteiger partial charge in [-0.3, -0.25) is 13.7 Å². The van der Waals surface area contributed by atoms with Gasteiger partial charge >= 0.3 is 0 Å². The maximum atomic E-state index is 12.2. The van der Waals surface area contributed by atoms with Gasteiger partial charge in [0.1, 0.15) is 10.6 Å². The van der Waals surface area contributed by atoms with Crippen LogP contribution in [-0.4, -0.2) is 52.8 Å². The monoisotopic (exact) mass is 721 g/mol. The Morgan fingerprint density at radius 2 is 1.19 bits per heavy atom. The molecule has 7 N–H and O–H groups in total. The van der Waals surface area contributed by atoms with Crippen molar-refractivity contribution in [3.63, 3.8) is 0 Å². The summed E-state index contributed by atoms with van der Waals surface area (Å²) in [5, 5.41) is 27.1. The summed E-state index contributed by atoms with van der Waals surface area (Å²) in [7, 11) is -13.9. The van der Waals surface area contributed by atoms with E-state index in [1.54, 1.807) is 0 Å². The van der Waals surface area contributed by atoms with Crippen LogP contribution in [-0.2, 0) is 41.4 Å². The first kappa shape index (κ1) is 33.6. The Labute approximate surface area is 267 Å². The van der Waals surface area contributed by atoms with E-state index in [-0.39, 0.29) is 43.5 Å². The molecule has 0 spiro atoms. The van der Waals surface area contributed by atoms with Crippen LogP contribution < -0.4 is 5.73 Å². The number of anilines is 1. The van der Waals surface area contributed by atoms with Crippen molar-refractivity contribution >= 4 is 91.4 Å². The molecule has 0 heterocycles. The van der Waals surface area contributed by atoms with E-state index in [0.717, 1.165) is 42.5 Å². The van der Waals surface area contributed by atoms with Crippen LogP contribution in [0.15, 0.2) is 113 Å². The van der Waals surface area contributed by atoms with Crippen LogP contribution in [0.4, 0.5) is 28.4 Å². The molecule has 5 aromatic rings. The second-order valence-electron chi connectivity index (χ2n) is 9.56. The van der Waals surface area contributed by atoms with Crippen molar-refractivity contribution in [1.29, 1.82) is 0 Å². The van der Waals surface area contributed by atoms with Gasteiger partial charge in [-0.05, 0) is 72.1 Å². The lowest BCUT2D eigenvalue weighted by atomic mass is 10.1. The summed E-state index contributed by atoms with van der Waals surface area (Å²) in [6, 6.07) is 13.7. The highest BCUT2D eigenvalue weighted by atomic mass is 32.2. The molecule has 244 valence electrons. The van der Waals surface area contributed by atoms with E-state index in [1.807, 2.05) is 0 Å². The predicted molar refractivity (Wildman–Crippen MR) is 167 cm³/mol. The van der Waals surface area contributed by atoms with E-state index in [1.165, 1.54) is 30.3 Å². The smallest absolute Gasteiger partial charge is 0.296 e. The molecule has 0 bridgehead atoms. The number of azo groups is 2. The average Bonchev–Trinajstić information content (AvgIpc) is 2.98. The standard InChI is InChI=1S/C26H19N5O12S4/c27-20-12-18-13(10-24(20)47(41,42)43)9-23(44(33)34)25(26(18)32)31-30-22-8-7-21(17-6-5-16(11-19(17)22)46(38,39)40)29-28-14-1-3-15(4-2-14)45(35,36)37/h1-12,32H,27H2,(H,33,34)(H,35,36,37)(H,38,39,40)(H,41,42,43)/b29-28+,31-30+. The van der Waals surface area contributed by atoms with Gasteiger partial charge in [0.25, 0.3) is 30.4 Å². The van der Waals surface area contributed by atoms with Crippen molar-refractivity contribution in [2.75, 3.05) is 5.73 Å². The molecule has 1 unspecified atom stereocenters. The number of nitrogens with two attached hydrogens (primary N) is 1. The van der Waals surface area contributed by atoms with Crippen molar-refractivity contribution in [2.45, 2.75) is 19.6 Å². The Kier molecular flexibility index (Phi) is 8.67. The van der Waals surface area contributed by atoms with E-state index in [4.69, 9.17) is 10.3 Å². The molecule has 0 fully saturated rings. The van der Waals surface area contributed by atoms with Gasteiger partial charge in [0, 0.05) is 16.2 Å². The van der Waals surface area contributed by atoms with Crippen molar-refractivity contribution in [3.8, 4) is 5.75 Å². The maximum absolute atomic E-state index is 12.2. The lowest BCUT2D eigenvalue weighted by Gasteiger charge is -2.11. The second kappa shape index (κ2) is 12.1. The molecule has 0 aromatic heterocycles. The highest BCUT2D eigenvalue weighted by Crippen LogP contribution is 2.43. The lowest BCUT2D eigenvalue weighted by Crippen LogP contribution is -2.03. The van der Waals surface area contributed by atoms with Crippen molar-refractivity contribution in [1.82, 2.24) is 0 Å². The Hall–Kier alpha value is -4.74. The highest BCUT2D eigenvalue weighted by Gasteiger charge is 2.22. The van der Waals surface area contributed by atoms with Gasteiger partial charge in [-0.2, -0.15) is 30.4 Å². The van der Waals surface area contributed by atoms with Gasteiger partial charge in [0.15, 0.2) is 16.8 Å². The fourth-order valence-electron chi connectivity index (χ4n) is 4.37. The zero-order valence-corrected chi connectivity index (χ0v) is 26.3. The molecule has 0 aliphatic carbocycles. The number of aromatic hydroxyl groups is 1. The Morgan fingerprint density at radius 3 is 1.77 bits per heavy atom. The zero-order valence-electron chi connectivity index (χ0n) is 23.0. The SMILES string of the molecule is Nc1cc2c(O)c(/N=N/c3ccc(/N=N/c4ccc(S(=O)(=O)O)cc4)c4ccc(S(=O)(=O)O)cc34)c(S(=O)O)cc2cc1S(=O)(=O)O. The Morgan fingerprint density at radius 1 is 0.617 bits per heavy atom. The average molecular weight is 722 g/mol. The van der Waals surface area contributed by atoms with Gasteiger partial charge < -0.3 is 15.4 Å². The van der Waals surface area contributed by atoms with Crippen molar-refractivity contribution in [2.24, 2.45) is 20.5 Å². The molecule has 0 aliphatic heterocycles. The molecule has 0 radical (unpaired) electrons. The second-order valence-corrected chi connectivity index (χ2v) is 14.7. The molecule has 5 aromatic carbocycles. The summed E-state index contributed by atoms with van der Waals surface area (Å²) in [5.41, 5.74) is 5.01. The number of fused-ring (bicyclic) bond motifs is 2. The molecule has 0 saturated carbocycles. The minimum absolute atomic E-state index is 0.0380. The van der Waals surface area contributed by atoms with Crippen LogP contribution in [0.5, 0.6) is 5.75 Å². The molecule has 21 heteroatoms. The van der Waals surface area contributed by atoms with Crippen LogP contribution in [0.1, 0.15) is 0 Å². The molecule has 47 heavy (non-hydrogen) atoms. The number of nitrogens with zero attached hydrogens (tertiary/aromatic N) is 4. The third kappa shape index (κ3) is 7.01. The maximum Gasteiger partial charge on any atom is 0.296 e. The van der Waals surface area contributed by atoms with Gasteiger partial charge in [0.2, 0.25) is 0 Å². The summed E-state index contributed by atoms with van der Waals surface area (Å²) < 4.78 is 120. The van der Waals surface area contributed by atoms with E-state index in [9.17, 15) is 48.2 Å². The van der Waals surface area contributed by atoms with Crippen molar-refractivity contribution < 1.29 is 52.8 Å². The quantitative estimate of drug-likeness (QED) is 0.0504. The minimum Gasteiger partial charge on any atom is -0.505 e. The van der Waals surface area contributed by atoms with Crippen LogP contribution in [0, 0.1) is 0 Å². The first-order valence-electron chi connectivity index (χ1n) is 12.5. The number of hydrogen-bond acceptors (Lipinski definition) is 13. The number of phenols is 1. The lowest BCUT2D eigenvalue weighted by molar-refractivity contribution is 0.479. The minimum atomic E-state index is -4.79. The van der Waals surface area contributed by atoms with E-state index in [0.29, 0.717) is 0 Å². The molecule has 0 aliphatic rings. The molecular weight excluding hydrogens is 703 g/mol. The first-order valence-corrected chi connectivity index (χ1v) is 17.9. The number of nitrogen functional groups attached to an aromatic ring is 1. The Balaban J connectivity index is 1.65. The first-order chi connectivity index (χ1) is 21.8. The van der Waals surface area contributed by atoms with E-state index in [2.05, 4.69) is 20.5 Å². The molecule has 1 atom stereocenters. The predicted octanol–water partition coefficient (Wildman–Crippen LogP) is 5.43. The number of hydrogen-bond donors (Lipinski definition) is 6. The topological polar surface area (TPSA) is 296 Å².